The van der Waals surface area contributed by atoms with Crippen LogP contribution >= 0.6 is 0 Å². The van der Waals surface area contributed by atoms with Crippen LogP contribution in [-0.4, -0.2) is 45.9 Å². The third-order valence-electron chi connectivity index (χ3n) is 8.06. The van der Waals surface area contributed by atoms with E-state index < -0.39 is 0 Å². The van der Waals surface area contributed by atoms with Gasteiger partial charge in [-0.1, -0.05) is 32.0 Å². The molecule has 1 aromatic heterocycles. The minimum Gasteiger partial charge on any atom is -0.508 e. The van der Waals surface area contributed by atoms with Crippen LogP contribution in [0.4, 0.5) is 11.8 Å². The fourth-order valence-electron chi connectivity index (χ4n) is 6.31. The van der Waals surface area contributed by atoms with Crippen molar-refractivity contribution in [3.05, 3.63) is 41.6 Å². The number of nitrogens with one attached hydrogen (secondary N) is 3. The van der Waals surface area contributed by atoms with Crippen molar-refractivity contribution in [2.75, 3.05) is 30.3 Å². The Balaban J connectivity index is 1.31. The zero-order chi connectivity index (χ0) is 26.3. The molecule has 37 heavy (non-hydrogen) atoms. The van der Waals surface area contributed by atoms with Gasteiger partial charge in [-0.05, 0) is 87.3 Å². The van der Waals surface area contributed by atoms with Crippen molar-refractivity contribution in [3.63, 3.8) is 0 Å². The number of anilines is 2. The summed E-state index contributed by atoms with van der Waals surface area (Å²) in [5, 5.41) is 39.7. The van der Waals surface area contributed by atoms with Gasteiger partial charge < -0.3 is 26.2 Å². The zero-order valence-corrected chi connectivity index (χ0v) is 22.2. The van der Waals surface area contributed by atoms with Crippen molar-refractivity contribution in [3.8, 4) is 11.8 Å². The van der Waals surface area contributed by atoms with Gasteiger partial charge in [-0.2, -0.15) is 10.2 Å². The predicted molar refractivity (Wildman–Crippen MR) is 146 cm³/mol. The van der Waals surface area contributed by atoms with Crippen LogP contribution in [-0.2, 0) is 6.54 Å². The van der Waals surface area contributed by atoms with E-state index in [0.29, 0.717) is 41.6 Å². The lowest BCUT2D eigenvalue weighted by Gasteiger charge is -2.42. The summed E-state index contributed by atoms with van der Waals surface area (Å²) < 4.78 is 0. The maximum absolute atomic E-state index is 10.0. The molecule has 0 radical (unpaired) electrons. The number of nitriles is 1. The second kappa shape index (κ2) is 12.6. The molecule has 2 saturated carbocycles. The number of aromatic hydroxyl groups is 1. The number of aromatic nitrogens is 2. The summed E-state index contributed by atoms with van der Waals surface area (Å²) >= 11 is 0. The molecule has 1 unspecified atom stereocenters. The Bertz CT molecular complexity index is 1060. The van der Waals surface area contributed by atoms with Gasteiger partial charge in [0, 0.05) is 18.7 Å². The minimum atomic E-state index is -0.0933. The topological polar surface area (TPSA) is 126 Å². The summed E-state index contributed by atoms with van der Waals surface area (Å²) in [4.78, 5) is 8.86. The van der Waals surface area contributed by atoms with Crippen molar-refractivity contribution in [1.29, 1.82) is 5.26 Å². The van der Waals surface area contributed by atoms with E-state index in [-0.39, 0.29) is 17.3 Å². The Morgan fingerprint density at radius 1 is 1.08 bits per heavy atom. The number of rotatable bonds is 10. The quantitative estimate of drug-likeness (QED) is 0.315. The number of phenols is 1. The van der Waals surface area contributed by atoms with E-state index in [9.17, 15) is 15.5 Å². The van der Waals surface area contributed by atoms with Crippen LogP contribution in [0.3, 0.4) is 0 Å². The molecule has 3 atom stereocenters. The molecule has 5 N–H and O–H groups in total. The van der Waals surface area contributed by atoms with Gasteiger partial charge in [0.2, 0.25) is 5.95 Å². The Kier molecular flexibility index (Phi) is 9.23. The number of hydrogen-bond donors (Lipinski definition) is 5. The Morgan fingerprint density at radius 3 is 2.59 bits per heavy atom. The zero-order valence-electron chi connectivity index (χ0n) is 22.2. The number of hydrogen-bond acceptors (Lipinski definition) is 8. The van der Waals surface area contributed by atoms with Gasteiger partial charge in [0.15, 0.2) is 0 Å². The van der Waals surface area contributed by atoms with E-state index in [4.69, 9.17) is 0 Å². The van der Waals surface area contributed by atoms with Gasteiger partial charge in [-0.25, -0.2) is 4.98 Å². The molecule has 1 aromatic carbocycles. The van der Waals surface area contributed by atoms with Crippen molar-refractivity contribution in [2.45, 2.75) is 71.4 Å². The average molecular weight is 507 g/mol. The van der Waals surface area contributed by atoms with E-state index in [0.717, 1.165) is 63.7 Å². The van der Waals surface area contributed by atoms with Gasteiger partial charge in [0.05, 0.1) is 12.3 Å². The maximum atomic E-state index is 10.0. The third kappa shape index (κ3) is 7.80. The summed E-state index contributed by atoms with van der Waals surface area (Å²) in [6.45, 7) is 7.92. The molecule has 0 aliphatic heterocycles. The monoisotopic (exact) mass is 506 g/mol. The van der Waals surface area contributed by atoms with Crippen LogP contribution in [0, 0.1) is 34.5 Å². The molecule has 200 valence electrons. The molecular weight excluding hydrogens is 464 g/mol. The largest absolute Gasteiger partial charge is 0.508 e. The van der Waals surface area contributed by atoms with Crippen LogP contribution < -0.4 is 16.0 Å². The maximum Gasteiger partial charge on any atom is 0.224 e. The van der Waals surface area contributed by atoms with E-state index >= 15 is 0 Å². The molecular formula is C29H42N6O2. The predicted octanol–water partition coefficient (Wildman–Crippen LogP) is 4.66. The van der Waals surface area contributed by atoms with E-state index in [1.54, 1.807) is 18.3 Å². The van der Waals surface area contributed by atoms with Crippen molar-refractivity contribution >= 4 is 11.8 Å². The Hall–Kier alpha value is -2.89. The molecule has 1 heterocycles. The first-order chi connectivity index (χ1) is 17.8. The smallest absolute Gasteiger partial charge is 0.224 e. The third-order valence-corrected chi connectivity index (χ3v) is 8.06. The molecule has 2 aliphatic rings. The van der Waals surface area contributed by atoms with Gasteiger partial charge in [0.25, 0.3) is 0 Å². The van der Waals surface area contributed by atoms with Crippen LogP contribution in [0.15, 0.2) is 30.5 Å². The number of para-hydroxylation sites is 1. The number of nitrogens with zero attached hydrogens (tertiary/aromatic N) is 3. The second-order valence-electron chi connectivity index (χ2n) is 11.7. The first kappa shape index (κ1) is 27.2. The number of phenolic OH excluding ortho intramolecular Hbond substituents is 1. The second-order valence-corrected chi connectivity index (χ2v) is 11.7. The van der Waals surface area contributed by atoms with Gasteiger partial charge in [-0.3, -0.25) is 0 Å². The highest BCUT2D eigenvalue weighted by Gasteiger charge is 2.35. The normalized spacial score (nSPS) is 27.8. The summed E-state index contributed by atoms with van der Waals surface area (Å²) in [6, 6.07) is 9.37. The number of aliphatic hydroxyl groups is 1. The molecule has 8 heteroatoms. The minimum absolute atomic E-state index is 0.0933. The lowest BCUT2D eigenvalue weighted by atomic mass is 9.66. The summed E-state index contributed by atoms with van der Waals surface area (Å²) in [6.07, 6.45) is 9.10. The molecule has 0 spiro atoms. The lowest BCUT2D eigenvalue weighted by Crippen LogP contribution is -2.40. The average Bonchev–Trinajstić information content (AvgIpc) is 2.88. The van der Waals surface area contributed by atoms with Crippen molar-refractivity contribution < 1.29 is 10.2 Å². The number of benzene rings is 1. The first-order valence-electron chi connectivity index (χ1n) is 13.7. The van der Waals surface area contributed by atoms with Gasteiger partial charge in [-0.15, -0.1) is 0 Å². The van der Waals surface area contributed by atoms with Crippen LogP contribution in [0.1, 0.15) is 69.9 Å². The van der Waals surface area contributed by atoms with Crippen molar-refractivity contribution in [2.24, 2.45) is 23.2 Å². The lowest BCUT2D eigenvalue weighted by molar-refractivity contribution is 0.104. The highest BCUT2D eigenvalue weighted by atomic mass is 16.3. The highest BCUT2D eigenvalue weighted by molar-refractivity contribution is 5.53. The molecule has 8 nitrogen and oxygen atoms in total. The molecule has 0 bridgehead atoms. The van der Waals surface area contributed by atoms with E-state index in [2.05, 4.69) is 45.8 Å². The molecule has 4 rings (SSSR count). The molecule has 2 aliphatic carbocycles. The van der Waals surface area contributed by atoms with E-state index in [1.165, 1.54) is 6.42 Å². The molecule has 0 amide bonds. The standard InChI is InChI=1S/C29H42N6O2/c1-20-11-22(16-31-15-21-7-9-25(36)10-8-21)13-29(2,12-20)19-34-27-24(14-30)18-33-28(35-27)32-17-23-5-3-4-6-26(23)37/h3-6,18,20-22,25,31,36-37H,7-13,15-17,19H2,1-2H3,(H2,32,33,34,35)/t20?,21-,22-,25+,29-/m1/s1. The van der Waals surface area contributed by atoms with Gasteiger partial charge >= 0.3 is 0 Å². The van der Waals surface area contributed by atoms with Crippen molar-refractivity contribution in [1.82, 2.24) is 15.3 Å². The summed E-state index contributed by atoms with van der Waals surface area (Å²) in [5.41, 5.74) is 1.30. The highest BCUT2D eigenvalue weighted by Crippen LogP contribution is 2.42. The van der Waals surface area contributed by atoms with Gasteiger partial charge in [0.1, 0.15) is 23.2 Å². The van der Waals surface area contributed by atoms with Crippen LogP contribution in [0.5, 0.6) is 5.75 Å². The molecule has 2 fully saturated rings. The summed E-state index contributed by atoms with van der Waals surface area (Å²) in [5.74, 6) is 3.15. The van der Waals surface area contributed by atoms with Crippen LogP contribution in [0.2, 0.25) is 0 Å². The fourth-order valence-corrected chi connectivity index (χ4v) is 6.31. The van der Waals surface area contributed by atoms with E-state index in [1.807, 2.05) is 12.1 Å². The molecule has 0 saturated heterocycles. The summed E-state index contributed by atoms with van der Waals surface area (Å²) in [7, 11) is 0. The number of aliphatic hydroxyl groups excluding tert-OH is 1. The molecule has 2 aromatic rings. The van der Waals surface area contributed by atoms with Crippen LogP contribution in [0.25, 0.3) is 0 Å². The Labute approximate surface area is 220 Å². The fraction of sp³-hybridized carbons (Fsp3) is 0.621. The first-order valence-corrected chi connectivity index (χ1v) is 13.7. The SMILES string of the molecule is CC1C[C@@H](CNC[C@H]2CC[C@@H](O)CC2)C[C@](C)(CNc2nc(NCc3ccccc3O)ncc2C#N)C1. The Morgan fingerprint density at radius 2 is 1.84 bits per heavy atom.